The minimum Gasteiger partial charge on any atom is -0.361 e. The van der Waals surface area contributed by atoms with Crippen molar-refractivity contribution in [1.82, 2.24) is 10.3 Å². The number of rotatable bonds is 5. The molecule has 0 aliphatic heterocycles. The molecule has 0 saturated carbocycles. The number of benzene rings is 1. The van der Waals surface area contributed by atoms with Gasteiger partial charge < -0.3 is 4.98 Å². The number of halogens is 5. The molecule has 2 atom stereocenters. The number of alkyl halides is 3. The highest BCUT2D eigenvalue weighted by atomic mass is 19.3. The van der Waals surface area contributed by atoms with Gasteiger partial charge in [0.1, 0.15) is 0 Å². The van der Waals surface area contributed by atoms with Crippen molar-refractivity contribution in [2.24, 2.45) is 0 Å². The second kappa shape index (κ2) is 5.78. The summed E-state index contributed by atoms with van der Waals surface area (Å²) in [6.07, 6.45) is -3.87. The maximum absolute atomic E-state index is 13.3. The van der Waals surface area contributed by atoms with Crippen molar-refractivity contribution in [1.29, 1.82) is 0 Å². The van der Waals surface area contributed by atoms with Crippen LogP contribution < -0.4 is 5.32 Å². The molecular weight excluding hydrogens is 279 g/mol. The van der Waals surface area contributed by atoms with Crippen molar-refractivity contribution in [3.05, 3.63) is 35.5 Å². The molecule has 1 heterocycles. The third kappa shape index (κ3) is 2.77. The molecule has 0 bridgehead atoms. The first-order chi connectivity index (χ1) is 9.43. The van der Waals surface area contributed by atoms with E-state index in [4.69, 9.17) is 0 Å². The first kappa shape index (κ1) is 14.8. The predicted molar refractivity (Wildman–Crippen MR) is 65.3 cm³/mol. The van der Waals surface area contributed by atoms with Crippen LogP contribution in [0.4, 0.5) is 22.0 Å². The van der Waals surface area contributed by atoms with Gasteiger partial charge in [0, 0.05) is 29.2 Å². The van der Waals surface area contributed by atoms with E-state index >= 15 is 0 Å². The average Bonchev–Trinajstić information content (AvgIpc) is 2.79. The Morgan fingerprint density at radius 3 is 2.40 bits per heavy atom. The minimum absolute atomic E-state index is 0.319. The van der Waals surface area contributed by atoms with E-state index in [0.29, 0.717) is 22.9 Å². The number of nitrogens with one attached hydrogen (secondary N) is 2. The summed E-state index contributed by atoms with van der Waals surface area (Å²) in [6.45, 7) is 1.68. The fourth-order valence-corrected chi connectivity index (χ4v) is 2.12. The quantitative estimate of drug-likeness (QED) is 0.631. The lowest BCUT2D eigenvalue weighted by Gasteiger charge is -2.19. The lowest BCUT2D eigenvalue weighted by atomic mass is 10.0. The maximum atomic E-state index is 13.3. The van der Waals surface area contributed by atoms with Gasteiger partial charge in [0.2, 0.25) is 6.30 Å². The molecule has 110 valence electrons. The molecule has 1 unspecified atom stereocenters. The number of fused-ring (bicyclic) bond motifs is 1. The molecule has 1 aromatic heterocycles. The van der Waals surface area contributed by atoms with Gasteiger partial charge in [0.05, 0.1) is 0 Å². The van der Waals surface area contributed by atoms with Crippen molar-refractivity contribution < 1.29 is 22.0 Å². The summed E-state index contributed by atoms with van der Waals surface area (Å²) in [6, 6.07) is 1.22. The molecule has 2 aromatic rings. The zero-order chi connectivity index (χ0) is 14.9. The summed E-state index contributed by atoms with van der Waals surface area (Å²) in [5.74, 6) is -2.05. The lowest BCUT2D eigenvalue weighted by Crippen LogP contribution is -2.34. The largest absolute Gasteiger partial charge is 0.361 e. The van der Waals surface area contributed by atoms with Crippen molar-refractivity contribution in [2.75, 3.05) is 0 Å². The van der Waals surface area contributed by atoms with Gasteiger partial charge in [-0.15, -0.1) is 0 Å². The second-order valence-electron chi connectivity index (χ2n) is 4.42. The Balaban J connectivity index is 2.37. The first-order valence-electron chi connectivity index (χ1n) is 6.08. The van der Waals surface area contributed by atoms with Crippen molar-refractivity contribution in [3.63, 3.8) is 0 Å². The first-order valence-corrected chi connectivity index (χ1v) is 6.08. The van der Waals surface area contributed by atoms with Crippen molar-refractivity contribution >= 4 is 10.9 Å². The summed E-state index contributed by atoms with van der Waals surface area (Å²) in [7, 11) is 0. The van der Waals surface area contributed by atoms with Gasteiger partial charge in [-0.25, -0.2) is 22.0 Å². The molecule has 0 amide bonds. The van der Waals surface area contributed by atoms with Crippen LogP contribution in [0.1, 0.15) is 24.9 Å². The molecule has 0 aliphatic rings. The number of aromatic nitrogens is 1. The molecule has 0 radical (unpaired) electrons. The number of aromatic amines is 1. The lowest BCUT2D eigenvalue weighted by molar-refractivity contribution is 0.0234. The highest BCUT2D eigenvalue weighted by Crippen LogP contribution is 2.28. The molecule has 0 aliphatic carbocycles. The van der Waals surface area contributed by atoms with Crippen LogP contribution >= 0.6 is 0 Å². The van der Waals surface area contributed by atoms with Crippen LogP contribution in [0.2, 0.25) is 0 Å². The van der Waals surface area contributed by atoms with Crippen LogP contribution in [0.25, 0.3) is 10.9 Å². The van der Waals surface area contributed by atoms with Crippen LogP contribution in [-0.4, -0.2) is 17.7 Å². The van der Waals surface area contributed by atoms with Crippen LogP contribution in [0.3, 0.4) is 0 Å². The zero-order valence-corrected chi connectivity index (χ0v) is 10.6. The molecule has 0 saturated heterocycles. The van der Waals surface area contributed by atoms with Crippen LogP contribution in [0.5, 0.6) is 0 Å². The molecule has 0 fully saturated rings. The monoisotopic (exact) mass is 292 g/mol. The third-order valence-electron chi connectivity index (χ3n) is 3.12. The van der Waals surface area contributed by atoms with Gasteiger partial charge in [-0.3, -0.25) is 5.32 Å². The van der Waals surface area contributed by atoms with Crippen LogP contribution in [0.15, 0.2) is 18.3 Å². The normalized spacial score (nSPS) is 14.9. The van der Waals surface area contributed by atoms with Crippen LogP contribution in [-0.2, 0) is 0 Å². The van der Waals surface area contributed by atoms with E-state index in [2.05, 4.69) is 10.3 Å². The van der Waals surface area contributed by atoms with Crippen LogP contribution in [0, 0.1) is 11.6 Å². The predicted octanol–water partition coefficient (Wildman–Crippen LogP) is 4.05. The van der Waals surface area contributed by atoms with E-state index in [-0.39, 0.29) is 0 Å². The van der Waals surface area contributed by atoms with Crippen molar-refractivity contribution in [2.45, 2.75) is 32.1 Å². The second-order valence-corrected chi connectivity index (χ2v) is 4.42. The van der Waals surface area contributed by atoms with Gasteiger partial charge in [-0.05, 0) is 18.1 Å². The molecule has 2 nitrogen and oxygen atoms in total. The highest BCUT2D eigenvalue weighted by molar-refractivity contribution is 5.83. The Bertz CT molecular complexity index is 596. The summed E-state index contributed by atoms with van der Waals surface area (Å²) in [5.41, 5.74) is 0.747. The maximum Gasteiger partial charge on any atom is 0.282 e. The van der Waals surface area contributed by atoms with Gasteiger partial charge in [0.25, 0.3) is 6.43 Å². The van der Waals surface area contributed by atoms with Gasteiger partial charge in [-0.1, -0.05) is 6.92 Å². The SMILES string of the molecule is CC[C@@H](NC(F)C(F)F)c1c[nH]c2cc(F)c(F)cc12. The molecule has 1 aromatic carbocycles. The van der Waals surface area contributed by atoms with Gasteiger partial charge >= 0.3 is 0 Å². The summed E-state index contributed by atoms with van der Waals surface area (Å²) in [5, 5.41) is 2.48. The zero-order valence-electron chi connectivity index (χ0n) is 10.6. The smallest absolute Gasteiger partial charge is 0.282 e. The summed E-state index contributed by atoms with van der Waals surface area (Å²) < 4.78 is 63.9. The Morgan fingerprint density at radius 2 is 1.80 bits per heavy atom. The van der Waals surface area contributed by atoms with E-state index in [0.717, 1.165) is 12.1 Å². The summed E-state index contributed by atoms with van der Waals surface area (Å²) in [4.78, 5) is 2.72. The minimum atomic E-state index is -3.15. The van der Waals surface area contributed by atoms with E-state index in [1.54, 1.807) is 6.92 Å². The number of H-pyrrole nitrogens is 1. The number of hydrogen-bond acceptors (Lipinski definition) is 1. The van der Waals surface area contributed by atoms with Gasteiger partial charge in [-0.2, -0.15) is 0 Å². The Hall–Kier alpha value is -1.63. The molecule has 0 spiro atoms. The highest BCUT2D eigenvalue weighted by Gasteiger charge is 2.24. The van der Waals surface area contributed by atoms with E-state index in [1.807, 2.05) is 0 Å². The molecule has 2 rings (SSSR count). The standard InChI is InChI=1S/C13H13F5N2/c1-2-10(20-13(18)12(16)17)7-5-19-11-4-9(15)8(14)3-6(7)11/h3-5,10,12-13,19-20H,2H2,1H3/t10-,13?/m1/s1. The molecule has 7 heteroatoms. The Morgan fingerprint density at radius 1 is 1.15 bits per heavy atom. The van der Waals surface area contributed by atoms with Crippen molar-refractivity contribution in [3.8, 4) is 0 Å². The fraction of sp³-hybridized carbons (Fsp3) is 0.385. The topological polar surface area (TPSA) is 27.8 Å². The third-order valence-corrected chi connectivity index (χ3v) is 3.12. The number of hydrogen-bond donors (Lipinski definition) is 2. The van der Waals surface area contributed by atoms with E-state index in [1.165, 1.54) is 6.20 Å². The molecule has 20 heavy (non-hydrogen) atoms. The summed E-state index contributed by atoms with van der Waals surface area (Å²) >= 11 is 0. The fourth-order valence-electron chi connectivity index (χ4n) is 2.12. The average molecular weight is 292 g/mol. The van der Waals surface area contributed by atoms with E-state index < -0.39 is 30.4 Å². The van der Waals surface area contributed by atoms with E-state index in [9.17, 15) is 22.0 Å². The Kier molecular flexibility index (Phi) is 4.27. The molecular formula is C13H13F5N2. The Labute approximate surface area is 112 Å². The van der Waals surface area contributed by atoms with Gasteiger partial charge in [0.15, 0.2) is 11.6 Å². The molecule has 2 N–H and O–H groups in total.